The molecule has 1 aromatic rings. The average molecular weight is 219 g/mol. The highest BCUT2D eigenvalue weighted by Crippen LogP contribution is 2.32. The van der Waals surface area contributed by atoms with E-state index in [0.717, 1.165) is 19.4 Å². The van der Waals surface area contributed by atoms with Crippen LogP contribution in [0.1, 0.15) is 30.0 Å². The largest absolute Gasteiger partial charge is 0.453 e. The Balaban J connectivity index is 2.19. The van der Waals surface area contributed by atoms with E-state index in [4.69, 9.17) is 4.74 Å². The summed E-state index contributed by atoms with van der Waals surface area (Å²) >= 11 is 0. The molecule has 0 radical (unpaired) electrons. The molecule has 16 heavy (non-hydrogen) atoms. The van der Waals surface area contributed by atoms with Gasteiger partial charge in [-0.1, -0.05) is 29.8 Å². The van der Waals surface area contributed by atoms with Crippen LogP contribution in [-0.4, -0.2) is 24.6 Å². The number of likely N-dealkylation sites (tertiary alicyclic amines) is 1. The summed E-state index contributed by atoms with van der Waals surface area (Å²) in [6.45, 7) is 2.86. The third-order valence-electron chi connectivity index (χ3n) is 3.12. The van der Waals surface area contributed by atoms with E-state index in [1.54, 1.807) is 0 Å². The van der Waals surface area contributed by atoms with E-state index in [1.165, 1.54) is 18.2 Å². The molecule has 1 unspecified atom stereocenters. The molecule has 3 heteroatoms. The number of nitrogens with zero attached hydrogens (tertiary/aromatic N) is 1. The van der Waals surface area contributed by atoms with Gasteiger partial charge in [-0.15, -0.1) is 0 Å². The van der Waals surface area contributed by atoms with Crippen molar-refractivity contribution in [3.05, 3.63) is 35.4 Å². The molecule has 0 bridgehead atoms. The lowest BCUT2D eigenvalue weighted by Gasteiger charge is -2.23. The quantitative estimate of drug-likeness (QED) is 0.726. The Morgan fingerprint density at radius 1 is 1.38 bits per heavy atom. The molecule has 86 valence electrons. The predicted molar refractivity (Wildman–Crippen MR) is 62.3 cm³/mol. The fourth-order valence-corrected chi connectivity index (χ4v) is 2.24. The standard InChI is InChI=1S/C13H17NO2/c1-10-5-7-11(8-6-10)12-4-3-9-14(12)13(15)16-2/h5-8,12H,3-4,9H2,1-2H3. The first-order valence-electron chi connectivity index (χ1n) is 5.63. The molecule has 3 nitrogen and oxygen atoms in total. The maximum absolute atomic E-state index is 11.6. The Labute approximate surface area is 96.0 Å². The highest BCUT2D eigenvalue weighted by Gasteiger charge is 2.30. The van der Waals surface area contributed by atoms with Gasteiger partial charge in [-0.3, -0.25) is 0 Å². The number of hydrogen-bond donors (Lipinski definition) is 0. The highest BCUT2D eigenvalue weighted by atomic mass is 16.5. The zero-order valence-corrected chi connectivity index (χ0v) is 9.77. The lowest BCUT2D eigenvalue weighted by molar-refractivity contribution is 0.119. The minimum absolute atomic E-state index is 0.188. The van der Waals surface area contributed by atoms with Gasteiger partial charge in [-0.2, -0.15) is 0 Å². The first-order chi connectivity index (χ1) is 7.72. The van der Waals surface area contributed by atoms with Gasteiger partial charge in [0.25, 0.3) is 0 Å². The molecule has 1 aromatic carbocycles. The van der Waals surface area contributed by atoms with Crippen LogP contribution in [0.2, 0.25) is 0 Å². The number of hydrogen-bond acceptors (Lipinski definition) is 2. The lowest BCUT2D eigenvalue weighted by atomic mass is 10.0. The first-order valence-corrected chi connectivity index (χ1v) is 5.63. The molecule has 1 saturated heterocycles. The zero-order chi connectivity index (χ0) is 11.5. The summed E-state index contributed by atoms with van der Waals surface area (Å²) in [6.07, 6.45) is 1.86. The van der Waals surface area contributed by atoms with Crippen LogP contribution in [0, 0.1) is 6.92 Å². The van der Waals surface area contributed by atoms with Crippen LogP contribution < -0.4 is 0 Å². The Kier molecular flexibility index (Phi) is 3.13. The van der Waals surface area contributed by atoms with E-state index in [2.05, 4.69) is 31.2 Å². The van der Waals surface area contributed by atoms with Gasteiger partial charge in [0.2, 0.25) is 0 Å². The topological polar surface area (TPSA) is 29.5 Å². The van der Waals surface area contributed by atoms with Crippen LogP contribution in [-0.2, 0) is 4.74 Å². The van der Waals surface area contributed by atoms with E-state index >= 15 is 0 Å². The van der Waals surface area contributed by atoms with Crippen molar-refractivity contribution in [2.24, 2.45) is 0 Å². The third kappa shape index (κ3) is 2.03. The van der Waals surface area contributed by atoms with Crippen molar-refractivity contribution in [2.75, 3.05) is 13.7 Å². The Bertz CT molecular complexity index is 372. The number of methoxy groups -OCH3 is 1. The van der Waals surface area contributed by atoms with Gasteiger partial charge in [0.1, 0.15) is 0 Å². The smallest absolute Gasteiger partial charge is 0.409 e. The van der Waals surface area contributed by atoms with Gasteiger partial charge in [0, 0.05) is 6.54 Å². The summed E-state index contributed by atoms with van der Waals surface area (Å²) in [4.78, 5) is 13.4. The second-order valence-corrected chi connectivity index (χ2v) is 4.23. The Morgan fingerprint density at radius 2 is 2.06 bits per heavy atom. The molecular formula is C13H17NO2. The van der Waals surface area contributed by atoms with Crippen LogP contribution >= 0.6 is 0 Å². The number of carbonyl (C=O) groups is 1. The summed E-state index contributed by atoms with van der Waals surface area (Å²) in [5.74, 6) is 0. The molecule has 1 amide bonds. The maximum atomic E-state index is 11.6. The summed E-state index contributed by atoms with van der Waals surface area (Å²) in [7, 11) is 1.44. The van der Waals surface area contributed by atoms with Crippen molar-refractivity contribution in [3.8, 4) is 0 Å². The number of carbonyl (C=O) groups excluding carboxylic acids is 1. The molecule has 1 aliphatic rings. The van der Waals surface area contributed by atoms with Gasteiger partial charge in [-0.25, -0.2) is 4.79 Å². The maximum Gasteiger partial charge on any atom is 0.409 e. The molecule has 1 fully saturated rings. The molecule has 1 aliphatic heterocycles. The van der Waals surface area contributed by atoms with Crippen molar-refractivity contribution in [1.29, 1.82) is 0 Å². The van der Waals surface area contributed by atoms with E-state index in [-0.39, 0.29) is 12.1 Å². The lowest BCUT2D eigenvalue weighted by Crippen LogP contribution is -2.30. The van der Waals surface area contributed by atoms with E-state index < -0.39 is 0 Å². The predicted octanol–water partition coefficient (Wildman–Crippen LogP) is 2.90. The van der Waals surface area contributed by atoms with E-state index in [0.29, 0.717) is 0 Å². The second-order valence-electron chi connectivity index (χ2n) is 4.23. The summed E-state index contributed by atoms with van der Waals surface area (Å²) in [5.41, 5.74) is 2.44. The van der Waals surface area contributed by atoms with Crippen molar-refractivity contribution >= 4 is 6.09 Å². The SMILES string of the molecule is COC(=O)N1CCCC1c1ccc(C)cc1. The number of ether oxygens (including phenoxy) is 1. The number of aryl methyl sites for hydroxylation is 1. The summed E-state index contributed by atoms with van der Waals surface area (Å²) < 4.78 is 4.80. The molecule has 0 spiro atoms. The van der Waals surface area contributed by atoms with E-state index in [9.17, 15) is 4.79 Å². The molecule has 2 rings (SSSR count). The fraction of sp³-hybridized carbons (Fsp3) is 0.462. The first kappa shape index (κ1) is 11.0. The minimum atomic E-state index is -0.219. The van der Waals surface area contributed by atoms with Crippen LogP contribution in [0.15, 0.2) is 24.3 Å². The van der Waals surface area contributed by atoms with Crippen molar-refractivity contribution in [1.82, 2.24) is 4.90 Å². The number of rotatable bonds is 1. The average Bonchev–Trinajstić information content (AvgIpc) is 2.78. The fourth-order valence-electron chi connectivity index (χ4n) is 2.24. The second kappa shape index (κ2) is 4.56. The van der Waals surface area contributed by atoms with Crippen LogP contribution in [0.25, 0.3) is 0 Å². The van der Waals surface area contributed by atoms with Crippen LogP contribution in [0.3, 0.4) is 0 Å². The Morgan fingerprint density at radius 3 is 2.69 bits per heavy atom. The molecule has 0 saturated carbocycles. The van der Waals surface area contributed by atoms with Gasteiger partial charge in [0.15, 0.2) is 0 Å². The van der Waals surface area contributed by atoms with Crippen molar-refractivity contribution < 1.29 is 9.53 Å². The summed E-state index contributed by atoms with van der Waals surface area (Å²) in [5, 5.41) is 0. The van der Waals surface area contributed by atoms with E-state index in [1.807, 2.05) is 4.90 Å². The van der Waals surface area contributed by atoms with Gasteiger partial charge in [0.05, 0.1) is 13.2 Å². The molecule has 1 heterocycles. The molecule has 1 atom stereocenters. The normalized spacial score (nSPS) is 19.9. The van der Waals surface area contributed by atoms with Gasteiger partial charge in [-0.05, 0) is 25.3 Å². The third-order valence-corrected chi connectivity index (χ3v) is 3.12. The molecule has 0 aliphatic carbocycles. The molecule has 0 aromatic heterocycles. The molecular weight excluding hydrogens is 202 g/mol. The highest BCUT2D eigenvalue weighted by molar-refractivity contribution is 5.68. The van der Waals surface area contributed by atoms with Gasteiger partial charge >= 0.3 is 6.09 Å². The van der Waals surface area contributed by atoms with Crippen molar-refractivity contribution in [3.63, 3.8) is 0 Å². The molecule has 0 N–H and O–H groups in total. The minimum Gasteiger partial charge on any atom is -0.453 e. The monoisotopic (exact) mass is 219 g/mol. The summed E-state index contributed by atoms with van der Waals surface area (Å²) in [6, 6.07) is 8.56. The Hall–Kier alpha value is -1.51. The number of benzene rings is 1. The van der Waals surface area contributed by atoms with Crippen LogP contribution in [0.4, 0.5) is 4.79 Å². The van der Waals surface area contributed by atoms with Crippen LogP contribution in [0.5, 0.6) is 0 Å². The zero-order valence-electron chi connectivity index (χ0n) is 9.77. The van der Waals surface area contributed by atoms with Crippen molar-refractivity contribution in [2.45, 2.75) is 25.8 Å². The number of amides is 1. The van der Waals surface area contributed by atoms with Gasteiger partial charge < -0.3 is 9.64 Å².